The number of amides is 2. The first-order chi connectivity index (χ1) is 12.5. The number of rotatable bonds is 8. The van der Waals surface area contributed by atoms with Gasteiger partial charge in [-0.2, -0.15) is 0 Å². The number of hydrogen-bond acceptors (Lipinski definition) is 3. The normalized spacial score (nSPS) is 11.8. The lowest BCUT2D eigenvalue weighted by molar-refractivity contribution is -0.123. The largest absolute Gasteiger partial charge is 0.355 e. The van der Waals surface area contributed by atoms with E-state index in [2.05, 4.69) is 10.6 Å². The van der Waals surface area contributed by atoms with E-state index in [4.69, 9.17) is 0 Å². The molecular formula is C20H24FN3O2. The SMILES string of the molecule is CC(=O)NCCNC(=O)CN(C)C(c1ccccc1)c1ccc(F)cc1. The Balaban J connectivity index is 2.06. The van der Waals surface area contributed by atoms with Crippen molar-refractivity contribution in [1.82, 2.24) is 15.5 Å². The molecule has 2 N–H and O–H groups in total. The molecule has 138 valence electrons. The number of nitrogens with one attached hydrogen (secondary N) is 2. The van der Waals surface area contributed by atoms with Crippen LogP contribution in [0.25, 0.3) is 0 Å². The van der Waals surface area contributed by atoms with E-state index < -0.39 is 0 Å². The van der Waals surface area contributed by atoms with Crippen LogP contribution in [0.4, 0.5) is 4.39 Å². The molecule has 2 aromatic carbocycles. The fraction of sp³-hybridized carbons (Fsp3) is 0.300. The molecule has 0 radical (unpaired) electrons. The quantitative estimate of drug-likeness (QED) is 0.712. The molecule has 0 saturated heterocycles. The Hall–Kier alpha value is -2.73. The molecule has 0 heterocycles. The van der Waals surface area contributed by atoms with Crippen LogP contribution >= 0.6 is 0 Å². The van der Waals surface area contributed by atoms with Gasteiger partial charge in [0.1, 0.15) is 5.82 Å². The molecule has 6 heteroatoms. The van der Waals surface area contributed by atoms with Gasteiger partial charge in [0.15, 0.2) is 0 Å². The molecule has 0 aromatic heterocycles. The van der Waals surface area contributed by atoms with Crippen LogP contribution in [0, 0.1) is 5.82 Å². The van der Waals surface area contributed by atoms with Crippen LogP contribution < -0.4 is 10.6 Å². The van der Waals surface area contributed by atoms with E-state index in [1.54, 1.807) is 12.1 Å². The van der Waals surface area contributed by atoms with Crippen LogP contribution in [-0.2, 0) is 9.59 Å². The third kappa shape index (κ3) is 5.97. The van der Waals surface area contributed by atoms with E-state index in [0.717, 1.165) is 11.1 Å². The summed E-state index contributed by atoms with van der Waals surface area (Å²) in [5, 5.41) is 5.41. The van der Waals surface area contributed by atoms with E-state index in [-0.39, 0.29) is 30.2 Å². The van der Waals surface area contributed by atoms with Crippen LogP contribution in [-0.4, -0.2) is 43.4 Å². The van der Waals surface area contributed by atoms with Crippen molar-refractivity contribution in [1.29, 1.82) is 0 Å². The van der Waals surface area contributed by atoms with Crippen molar-refractivity contribution in [2.45, 2.75) is 13.0 Å². The number of carbonyl (C=O) groups is 2. The first kappa shape index (κ1) is 19.6. The maximum Gasteiger partial charge on any atom is 0.234 e. The molecule has 26 heavy (non-hydrogen) atoms. The lowest BCUT2D eigenvalue weighted by atomic mass is 9.97. The van der Waals surface area contributed by atoms with Gasteiger partial charge < -0.3 is 10.6 Å². The molecule has 0 aliphatic heterocycles. The highest BCUT2D eigenvalue weighted by Crippen LogP contribution is 2.27. The Morgan fingerprint density at radius 2 is 1.54 bits per heavy atom. The van der Waals surface area contributed by atoms with Gasteiger partial charge in [-0.3, -0.25) is 14.5 Å². The predicted octanol–water partition coefficient (Wildman–Crippen LogP) is 2.10. The number of benzene rings is 2. The number of carbonyl (C=O) groups excluding carboxylic acids is 2. The molecule has 2 amide bonds. The Labute approximate surface area is 153 Å². The zero-order chi connectivity index (χ0) is 18.9. The molecule has 0 fully saturated rings. The van der Waals surface area contributed by atoms with Crippen LogP contribution in [0.15, 0.2) is 54.6 Å². The fourth-order valence-electron chi connectivity index (χ4n) is 2.80. The van der Waals surface area contributed by atoms with Crippen molar-refractivity contribution >= 4 is 11.8 Å². The molecule has 0 spiro atoms. The third-order valence-electron chi connectivity index (χ3n) is 3.96. The van der Waals surface area contributed by atoms with Crippen LogP contribution in [0.5, 0.6) is 0 Å². The Morgan fingerprint density at radius 3 is 2.15 bits per heavy atom. The molecule has 1 unspecified atom stereocenters. The predicted molar refractivity (Wildman–Crippen MR) is 99.0 cm³/mol. The van der Waals surface area contributed by atoms with Gasteiger partial charge in [-0.25, -0.2) is 4.39 Å². The molecular weight excluding hydrogens is 333 g/mol. The second kappa shape index (κ2) is 9.68. The first-order valence-corrected chi connectivity index (χ1v) is 8.49. The second-order valence-electron chi connectivity index (χ2n) is 6.11. The minimum absolute atomic E-state index is 0.128. The molecule has 0 aliphatic rings. The molecule has 0 saturated carbocycles. The number of likely N-dealkylation sites (N-methyl/N-ethyl adjacent to an activating group) is 1. The highest BCUT2D eigenvalue weighted by atomic mass is 19.1. The monoisotopic (exact) mass is 357 g/mol. The smallest absolute Gasteiger partial charge is 0.234 e. The van der Waals surface area contributed by atoms with Crippen LogP contribution in [0.3, 0.4) is 0 Å². The summed E-state index contributed by atoms with van der Waals surface area (Å²) >= 11 is 0. The molecule has 0 bridgehead atoms. The lowest BCUT2D eigenvalue weighted by Crippen LogP contribution is -2.40. The van der Waals surface area contributed by atoms with Crippen molar-refractivity contribution in [3.63, 3.8) is 0 Å². The topological polar surface area (TPSA) is 61.4 Å². The van der Waals surface area contributed by atoms with E-state index in [1.165, 1.54) is 19.1 Å². The number of hydrogen-bond donors (Lipinski definition) is 2. The van der Waals surface area contributed by atoms with Gasteiger partial charge >= 0.3 is 0 Å². The molecule has 5 nitrogen and oxygen atoms in total. The van der Waals surface area contributed by atoms with E-state index in [1.807, 2.05) is 42.3 Å². The van der Waals surface area contributed by atoms with Crippen molar-refractivity contribution in [3.8, 4) is 0 Å². The summed E-state index contributed by atoms with van der Waals surface area (Å²) in [6, 6.07) is 15.9. The van der Waals surface area contributed by atoms with Gasteiger partial charge in [-0.05, 0) is 30.3 Å². The maximum atomic E-state index is 13.3. The second-order valence-corrected chi connectivity index (χ2v) is 6.11. The average Bonchev–Trinajstić information content (AvgIpc) is 2.61. The number of halogens is 1. The van der Waals surface area contributed by atoms with Gasteiger partial charge in [0.05, 0.1) is 12.6 Å². The summed E-state index contributed by atoms with van der Waals surface area (Å²) in [6.07, 6.45) is 0. The van der Waals surface area contributed by atoms with Gasteiger partial charge in [0.25, 0.3) is 0 Å². The summed E-state index contributed by atoms with van der Waals surface area (Å²) in [7, 11) is 1.86. The number of nitrogens with zero attached hydrogens (tertiary/aromatic N) is 1. The zero-order valence-corrected chi connectivity index (χ0v) is 15.0. The Morgan fingerprint density at radius 1 is 0.962 bits per heavy atom. The van der Waals surface area contributed by atoms with Crippen molar-refractivity contribution < 1.29 is 14.0 Å². The van der Waals surface area contributed by atoms with Gasteiger partial charge in [0.2, 0.25) is 11.8 Å². The highest BCUT2D eigenvalue weighted by Gasteiger charge is 2.21. The third-order valence-corrected chi connectivity index (χ3v) is 3.96. The Kier molecular flexibility index (Phi) is 7.29. The minimum atomic E-state index is -0.293. The maximum absolute atomic E-state index is 13.3. The van der Waals surface area contributed by atoms with Crippen LogP contribution in [0.1, 0.15) is 24.1 Å². The average molecular weight is 357 g/mol. The molecule has 1 atom stereocenters. The first-order valence-electron chi connectivity index (χ1n) is 8.49. The molecule has 0 aliphatic carbocycles. The molecule has 2 rings (SSSR count). The molecule has 2 aromatic rings. The van der Waals surface area contributed by atoms with Crippen LogP contribution in [0.2, 0.25) is 0 Å². The summed E-state index contributed by atoms with van der Waals surface area (Å²) in [4.78, 5) is 24.9. The van der Waals surface area contributed by atoms with E-state index in [9.17, 15) is 14.0 Å². The minimum Gasteiger partial charge on any atom is -0.355 e. The lowest BCUT2D eigenvalue weighted by Gasteiger charge is -2.28. The zero-order valence-electron chi connectivity index (χ0n) is 15.0. The summed E-state index contributed by atoms with van der Waals surface area (Å²) in [5.74, 6) is -0.559. The van der Waals surface area contributed by atoms with Crippen molar-refractivity contribution in [2.24, 2.45) is 0 Å². The summed E-state index contributed by atoms with van der Waals surface area (Å²) in [5.41, 5.74) is 1.93. The van der Waals surface area contributed by atoms with E-state index >= 15 is 0 Å². The summed E-state index contributed by atoms with van der Waals surface area (Å²) < 4.78 is 13.3. The highest BCUT2D eigenvalue weighted by molar-refractivity contribution is 5.78. The van der Waals surface area contributed by atoms with Crippen molar-refractivity contribution in [2.75, 3.05) is 26.7 Å². The fourth-order valence-corrected chi connectivity index (χ4v) is 2.80. The van der Waals surface area contributed by atoms with Crippen molar-refractivity contribution in [3.05, 3.63) is 71.5 Å². The van der Waals surface area contributed by atoms with E-state index in [0.29, 0.717) is 13.1 Å². The standard InChI is InChI=1S/C20H24FN3O2/c1-15(25)22-12-13-23-19(26)14-24(2)20(16-6-4-3-5-7-16)17-8-10-18(21)11-9-17/h3-11,20H,12-14H2,1-2H3,(H,22,25)(H,23,26). The van der Waals surface area contributed by atoms with Gasteiger partial charge in [0, 0.05) is 20.0 Å². The summed E-state index contributed by atoms with van der Waals surface area (Å²) in [6.45, 7) is 2.38. The van der Waals surface area contributed by atoms with Gasteiger partial charge in [-0.15, -0.1) is 0 Å². The van der Waals surface area contributed by atoms with Gasteiger partial charge in [-0.1, -0.05) is 42.5 Å². The Bertz CT molecular complexity index is 720.